The standard InChI is InChI=1S/C26H24FN5OS/c1-34-19-8-7-17-13-23(32(22(17)14-19)15-16-4-2-5-18(27)12-16)26(33)30-21-9-11-31-24-20(29-25(21)31)6-3-10-28-24/h2,4-5,7-9,12-14,28H,3,6,10-11,15H2,1H3,(H,30,33). The first-order valence-corrected chi connectivity index (χ1v) is 12.6. The fraction of sp³-hybridized carbons (Fsp3) is 0.231. The number of halogens is 1. The number of anilines is 1. The van der Waals surface area contributed by atoms with Gasteiger partial charge in [-0.2, -0.15) is 0 Å². The molecule has 0 fully saturated rings. The third kappa shape index (κ3) is 3.58. The average Bonchev–Trinajstić information content (AvgIpc) is 3.52. The van der Waals surface area contributed by atoms with Crippen LogP contribution in [0.5, 0.6) is 0 Å². The highest BCUT2D eigenvalue weighted by atomic mass is 32.2. The summed E-state index contributed by atoms with van der Waals surface area (Å²) in [7, 11) is 0. The molecule has 0 bridgehead atoms. The largest absolute Gasteiger partial charge is 0.370 e. The lowest BCUT2D eigenvalue weighted by atomic mass is 10.2. The van der Waals surface area contributed by atoms with Crippen molar-refractivity contribution in [3.8, 4) is 0 Å². The smallest absolute Gasteiger partial charge is 0.272 e. The number of amides is 1. The molecule has 2 aliphatic rings. The van der Waals surface area contributed by atoms with Gasteiger partial charge in [0, 0.05) is 29.9 Å². The molecule has 0 unspecified atom stereocenters. The van der Waals surface area contributed by atoms with Crippen molar-refractivity contribution in [2.24, 2.45) is 0 Å². The molecule has 172 valence electrons. The van der Waals surface area contributed by atoms with Gasteiger partial charge in [0.25, 0.3) is 5.91 Å². The van der Waals surface area contributed by atoms with Crippen molar-refractivity contribution in [1.29, 1.82) is 0 Å². The van der Waals surface area contributed by atoms with Gasteiger partial charge in [0.1, 0.15) is 17.3 Å². The van der Waals surface area contributed by atoms with E-state index in [0.29, 0.717) is 18.8 Å². The molecule has 1 amide bonds. The van der Waals surface area contributed by atoms with Crippen LogP contribution in [0.1, 0.15) is 34.0 Å². The van der Waals surface area contributed by atoms with Gasteiger partial charge in [-0.25, -0.2) is 9.37 Å². The molecule has 8 heteroatoms. The number of allylic oxidation sites excluding steroid dienone is 1. The van der Waals surface area contributed by atoms with E-state index in [9.17, 15) is 9.18 Å². The molecule has 6 rings (SSSR count). The maximum Gasteiger partial charge on any atom is 0.272 e. The average molecular weight is 474 g/mol. The predicted molar refractivity (Wildman–Crippen MR) is 134 cm³/mol. The summed E-state index contributed by atoms with van der Waals surface area (Å²) in [6.07, 6.45) is 6.04. The Morgan fingerprint density at radius 3 is 3.00 bits per heavy atom. The van der Waals surface area contributed by atoms with Crippen molar-refractivity contribution >= 4 is 40.1 Å². The Hall–Kier alpha value is -3.52. The van der Waals surface area contributed by atoms with E-state index < -0.39 is 0 Å². The number of aromatic nitrogens is 3. The Balaban J connectivity index is 1.36. The van der Waals surface area contributed by atoms with E-state index in [1.165, 1.54) is 12.1 Å². The van der Waals surface area contributed by atoms with Crippen LogP contribution >= 0.6 is 11.8 Å². The summed E-state index contributed by atoms with van der Waals surface area (Å²) in [4.78, 5) is 19.4. The maximum atomic E-state index is 13.9. The number of nitrogens with one attached hydrogen (secondary N) is 2. The molecule has 0 atom stereocenters. The van der Waals surface area contributed by atoms with Crippen LogP contribution in [0.15, 0.2) is 59.5 Å². The van der Waals surface area contributed by atoms with Crippen LogP contribution in [0.25, 0.3) is 16.6 Å². The molecule has 0 aliphatic carbocycles. The SMILES string of the molecule is CSc1ccc2cc(C(=O)NC3=CCn4c3nc3c4NCCC3)n(Cc3cccc(F)c3)c2c1. The van der Waals surface area contributed by atoms with Gasteiger partial charge >= 0.3 is 0 Å². The third-order valence-electron chi connectivity index (χ3n) is 6.46. The molecule has 2 aliphatic heterocycles. The fourth-order valence-electron chi connectivity index (χ4n) is 4.83. The first-order valence-electron chi connectivity index (χ1n) is 11.4. The van der Waals surface area contributed by atoms with Crippen LogP contribution < -0.4 is 10.6 Å². The lowest BCUT2D eigenvalue weighted by molar-refractivity contribution is 0.0965. The number of hydrogen-bond acceptors (Lipinski definition) is 4. The fourth-order valence-corrected chi connectivity index (χ4v) is 5.26. The highest BCUT2D eigenvalue weighted by molar-refractivity contribution is 7.98. The van der Waals surface area contributed by atoms with Gasteiger partial charge in [-0.05, 0) is 61.1 Å². The summed E-state index contributed by atoms with van der Waals surface area (Å²) in [5.41, 5.74) is 4.07. The van der Waals surface area contributed by atoms with Gasteiger partial charge in [-0.1, -0.05) is 18.2 Å². The van der Waals surface area contributed by atoms with Crippen LogP contribution in [0, 0.1) is 5.82 Å². The number of nitrogens with zero attached hydrogens (tertiary/aromatic N) is 3. The van der Waals surface area contributed by atoms with Crippen LogP contribution in [0.2, 0.25) is 0 Å². The molecule has 0 saturated heterocycles. The van der Waals surface area contributed by atoms with Crippen molar-refractivity contribution in [3.05, 3.63) is 83.2 Å². The van der Waals surface area contributed by atoms with Crippen molar-refractivity contribution in [2.75, 3.05) is 18.1 Å². The normalized spacial score (nSPS) is 14.5. The van der Waals surface area contributed by atoms with Gasteiger partial charge in [-0.3, -0.25) is 4.79 Å². The monoisotopic (exact) mass is 473 g/mol. The van der Waals surface area contributed by atoms with Crippen molar-refractivity contribution in [2.45, 2.75) is 30.8 Å². The molecule has 4 aromatic rings. The summed E-state index contributed by atoms with van der Waals surface area (Å²) in [5.74, 6) is 1.37. The number of aryl methyl sites for hydroxylation is 1. The van der Waals surface area contributed by atoms with E-state index in [-0.39, 0.29) is 11.7 Å². The number of rotatable bonds is 5. The van der Waals surface area contributed by atoms with Crippen molar-refractivity contribution in [1.82, 2.24) is 19.4 Å². The van der Waals surface area contributed by atoms with Crippen LogP contribution in [-0.2, 0) is 19.5 Å². The highest BCUT2D eigenvalue weighted by Gasteiger charge is 2.27. The molecule has 0 spiro atoms. The van der Waals surface area contributed by atoms with Gasteiger partial charge in [-0.15, -0.1) is 11.8 Å². The molecular formula is C26H24FN5OS. The Labute approximate surface area is 200 Å². The number of fused-ring (bicyclic) bond motifs is 4. The second-order valence-corrected chi connectivity index (χ2v) is 9.49. The first kappa shape index (κ1) is 21.0. The molecule has 2 aromatic carbocycles. The Kier molecular flexibility index (Phi) is 5.17. The zero-order valence-electron chi connectivity index (χ0n) is 18.8. The van der Waals surface area contributed by atoms with E-state index in [1.807, 2.05) is 35.1 Å². The molecule has 2 N–H and O–H groups in total. The molecular weight excluding hydrogens is 449 g/mol. The minimum atomic E-state index is -0.287. The molecule has 34 heavy (non-hydrogen) atoms. The van der Waals surface area contributed by atoms with E-state index in [1.54, 1.807) is 17.8 Å². The van der Waals surface area contributed by atoms with Crippen molar-refractivity contribution < 1.29 is 9.18 Å². The molecule has 0 saturated carbocycles. The summed E-state index contributed by atoms with van der Waals surface area (Å²) in [5, 5.41) is 7.51. The molecule has 4 heterocycles. The van der Waals surface area contributed by atoms with Gasteiger partial charge in [0.2, 0.25) is 0 Å². The van der Waals surface area contributed by atoms with Gasteiger partial charge in [0.15, 0.2) is 5.82 Å². The van der Waals surface area contributed by atoms with E-state index in [2.05, 4.69) is 27.3 Å². The Morgan fingerprint density at radius 2 is 2.15 bits per heavy atom. The Morgan fingerprint density at radius 1 is 1.24 bits per heavy atom. The zero-order valence-corrected chi connectivity index (χ0v) is 19.6. The quantitative estimate of drug-likeness (QED) is 0.405. The van der Waals surface area contributed by atoms with E-state index in [4.69, 9.17) is 4.98 Å². The maximum absolute atomic E-state index is 13.9. The lowest BCUT2D eigenvalue weighted by Gasteiger charge is -2.14. The number of carbonyl (C=O) groups excluding carboxylic acids is 1. The second-order valence-electron chi connectivity index (χ2n) is 8.61. The highest BCUT2D eigenvalue weighted by Crippen LogP contribution is 2.31. The molecule has 0 radical (unpaired) electrons. The van der Waals surface area contributed by atoms with Crippen LogP contribution in [0.3, 0.4) is 0 Å². The topological polar surface area (TPSA) is 63.9 Å². The number of imidazole rings is 1. The van der Waals surface area contributed by atoms with Crippen LogP contribution in [0.4, 0.5) is 10.2 Å². The van der Waals surface area contributed by atoms with E-state index in [0.717, 1.165) is 63.8 Å². The zero-order chi connectivity index (χ0) is 23.2. The summed E-state index contributed by atoms with van der Waals surface area (Å²) >= 11 is 1.65. The predicted octanol–water partition coefficient (Wildman–Crippen LogP) is 4.89. The Bertz CT molecular complexity index is 1470. The van der Waals surface area contributed by atoms with Crippen molar-refractivity contribution in [3.63, 3.8) is 0 Å². The summed E-state index contributed by atoms with van der Waals surface area (Å²) in [6.45, 7) is 2.02. The van der Waals surface area contributed by atoms with E-state index >= 15 is 0 Å². The number of hydrogen-bond donors (Lipinski definition) is 2. The van der Waals surface area contributed by atoms with Gasteiger partial charge < -0.3 is 19.8 Å². The molecule has 2 aromatic heterocycles. The number of carbonyl (C=O) groups is 1. The minimum absolute atomic E-state index is 0.202. The number of benzene rings is 2. The van der Waals surface area contributed by atoms with Crippen LogP contribution in [-0.4, -0.2) is 32.8 Å². The second kappa shape index (κ2) is 8.36. The summed E-state index contributed by atoms with van der Waals surface area (Å²) < 4.78 is 18.0. The number of thioether (sulfide) groups is 1. The minimum Gasteiger partial charge on any atom is -0.370 e. The summed E-state index contributed by atoms with van der Waals surface area (Å²) in [6, 6.07) is 14.6. The first-order chi connectivity index (χ1) is 16.6. The lowest BCUT2D eigenvalue weighted by Crippen LogP contribution is -2.25. The molecule has 6 nitrogen and oxygen atoms in total. The third-order valence-corrected chi connectivity index (χ3v) is 7.19. The van der Waals surface area contributed by atoms with Gasteiger partial charge in [0.05, 0.1) is 16.9 Å².